The van der Waals surface area contributed by atoms with E-state index in [4.69, 9.17) is 14.6 Å². The molecule has 0 saturated carbocycles. The molecule has 1 unspecified atom stereocenters. The van der Waals surface area contributed by atoms with Crippen LogP contribution in [0.2, 0.25) is 0 Å². The Morgan fingerprint density at radius 2 is 0.840 bits per heavy atom. The number of ether oxygens (including phenoxy) is 2. The minimum atomic E-state index is -1.37. The number of esters is 2. The summed E-state index contributed by atoms with van der Waals surface area (Å²) < 4.78 is 10.8. The number of carbonyl (C=O) groups is 6. The van der Waals surface area contributed by atoms with Crippen LogP contribution in [0.5, 0.6) is 0 Å². The van der Waals surface area contributed by atoms with Gasteiger partial charge in [-0.3, -0.25) is 19.2 Å². The number of amides is 2. The standard InChI is InChI=1S/C38H68N2O10/c1-37(2,3)49-34(45)24-22-20-18-16-14-12-10-8-7-9-11-13-15-17-19-21-23-31(41)40-30(36(48)50-38(4,5)6)25-27-32(42)39-29(35(46)47)26-28-33(43)44/h29-30H,7-28H2,1-6H3,(H,39,42)(H,40,41)(H,43,44)(H,46,47)/t29?,30-/m0/s1. The summed E-state index contributed by atoms with van der Waals surface area (Å²) >= 11 is 0. The fraction of sp³-hybridized carbons (Fsp3) is 0.842. The largest absolute Gasteiger partial charge is 0.481 e. The van der Waals surface area contributed by atoms with Gasteiger partial charge in [0, 0.05) is 25.7 Å². The number of carboxylic acids is 2. The van der Waals surface area contributed by atoms with Crippen LogP contribution in [0.4, 0.5) is 0 Å². The van der Waals surface area contributed by atoms with E-state index in [-0.39, 0.29) is 37.6 Å². The molecule has 0 heterocycles. The Labute approximate surface area is 300 Å². The molecule has 0 aliphatic rings. The van der Waals surface area contributed by atoms with Gasteiger partial charge in [0.2, 0.25) is 11.8 Å². The van der Waals surface area contributed by atoms with Crippen LogP contribution in [0, 0.1) is 0 Å². The third-order valence-electron chi connectivity index (χ3n) is 7.92. The lowest BCUT2D eigenvalue weighted by atomic mass is 10.0. The van der Waals surface area contributed by atoms with E-state index in [1.807, 2.05) is 20.8 Å². The maximum Gasteiger partial charge on any atom is 0.329 e. The third kappa shape index (κ3) is 29.7. The molecule has 0 aromatic rings. The summed E-state index contributed by atoms with van der Waals surface area (Å²) in [5.74, 6) is -4.28. The SMILES string of the molecule is CC(C)(C)OC(=O)CCCCCCCCCCCCCCCCCCC(=O)N[C@@H](CCC(=O)NC(CCC(=O)O)C(=O)O)C(=O)OC(C)(C)C. The van der Waals surface area contributed by atoms with Crippen molar-refractivity contribution in [3.8, 4) is 0 Å². The highest BCUT2D eigenvalue weighted by Gasteiger charge is 2.28. The first kappa shape index (κ1) is 46.8. The van der Waals surface area contributed by atoms with Crippen LogP contribution in [0.25, 0.3) is 0 Å². The van der Waals surface area contributed by atoms with Gasteiger partial charge in [-0.25, -0.2) is 9.59 Å². The average molecular weight is 713 g/mol. The van der Waals surface area contributed by atoms with Gasteiger partial charge >= 0.3 is 23.9 Å². The molecule has 4 N–H and O–H groups in total. The number of unbranched alkanes of at least 4 members (excludes halogenated alkanes) is 15. The summed E-state index contributed by atoms with van der Waals surface area (Å²) in [6.07, 6.45) is 17.9. The molecule has 0 radical (unpaired) electrons. The van der Waals surface area contributed by atoms with Gasteiger partial charge in [-0.2, -0.15) is 0 Å². The van der Waals surface area contributed by atoms with Crippen molar-refractivity contribution in [3.05, 3.63) is 0 Å². The van der Waals surface area contributed by atoms with E-state index in [0.29, 0.717) is 12.8 Å². The molecule has 12 nitrogen and oxygen atoms in total. The first-order valence-corrected chi connectivity index (χ1v) is 18.9. The maximum atomic E-state index is 12.8. The van der Waals surface area contributed by atoms with Gasteiger partial charge in [0.25, 0.3) is 0 Å². The van der Waals surface area contributed by atoms with E-state index < -0.39 is 53.5 Å². The summed E-state index contributed by atoms with van der Waals surface area (Å²) in [5.41, 5.74) is -1.21. The van der Waals surface area contributed by atoms with Crippen molar-refractivity contribution in [1.82, 2.24) is 10.6 Å². The lowest BCUT2D eigenvalue weighted by Crippen LogP contribution is -2.46. The zero-order valence-corrected chi connectivity index (χ0v) is 31.9. The van der Waals surface area contributed by atoms with E-state index >= 15 is 0 Å². The maximum absolute atomic E-state index is 12.8. The molecule has 0 aromatic heterocycles. The first-order valence-electron chi connectivity index (χ1n) is 18.9. The highest BCUT2D eigenvalue weighted by Crippen LogP contribution is 2.16. The van der Waals surface area contributed by atoms with Crippen LogP contribution in [-0.4, -0.2) is 69.2 Å². The Balaban J connectivity index is 4.09. The minimum Gasteiger partial charge on any atom is -0.481 e. The van der Waals surface area contributed by atoms with E-state index in [1.165, 1.54) is 64.2 Å². The Morgan fingerprint density at radius 1 is 0.480 bits per heavy atom. The smallest absolute Gasteiger partial charge is 0.329 e. The van der Waals surface area contributed by atoms with Crippen LogP contribution in [0.3, 0.4) is 0 Å². The van der Waals surface area contributed by atoms with Crippen LogP contribution in [0.1, 0.15) is 183 Å². The molecule has 0 aliphatic heterocycles. The summed E-state index contributed by atoms with van der Waals surface area (Å²) in [7, 11) is 0. The van der Waals surface area contributed by atoms with Gasteiger partial charge in [0.1, 0.15) is 23.3 Å². The van der Waals surface area contributed by atoms with Crippen molar-refractivity contribution in [2.24, 2.45) is 0 Å². The number of hydrogen-bond donors (Lipinski definition) is 4. The number of hydrogen-bond acceptors (Lipinski definition) is 8. The normalized spacial score (nSPS) is 12.8. The molecule has 12 heteroatoms. The molecule has 0 fully saturated rings. The van der Waals surface area contributed by atoms with E-state index in [1.54, 1.807) is 20.8 Å². The first-order chi connectivity index (χ1) is 23.4. The van der Waals surface area contributed by atoms with Crippen molar-refractivity contribution in [2.45, 2.75) is 206 Å². The second-order valence-electron chi connectivity index (χ2n) is 15.3. The van der Waals surface area contributed by atoms with E-state index in [2.05, 4.69) is 10.6 Å². The number of nitrogens with one attached hydrogen (secondary N) is 2. The molecular formula is C38H68N2O10. The number of aliphatic carboxylic acids is 2. The molecule has 0 bridgehead atoms. The topological polar surface area (TPSA) is 185 Å². The summed E-state index contributed by atoms with van der Waals surface area (Å²) in [5, 5.41) is 23.0. The Hall–Kier alpha value is -3.18. The van der Waals surface area contributed by atoms with Gasteiger partial charge in [-0.05, 0) is 67.2 Å². The predicted octanol–water partition coefficient (Wildman–Crippen LogP) is 7.39. The van der Waals surface area contributed by atoms with Gasteiger partial charge in [0.05, 0.1) is 0 Å². The summed E-state index contributed by atoms with van der Waals surface area (Å²) in [6.45, 7) is 10.8. The Morgan fingerprint density at radius 3 is 1.24 bits per heavy atom. The van der Waals surface area contributed by atoms with E-state index in [0.717, 1.165) is 32.1 Å². The predicted molar refractivity (Wildman–Crippen MR) is 192 cm³/mol. The van der Waals surface area contributed by atoms with Crippen LogP contribution < -0.4 is 10.6 Å². The molecule has 50 heavy (non-hydrogen) atoms. The molecule has 0 saturated heterocycles. The number of rotatable bonds is 29. The van der Waals surface area contributed by atoms with Gasteiger partial charge < -0.3 is 30.3 Å². The molecule has 0 aromatic carbocycles. The molecule has 2 atom stereocenters. The van der Waals surface area contributed by atoms with Gasteiger partial charge in [-0.15, -0.1) is 0 Å². The van der Waals surface area contributed by atoms with Crippen LogP contribution >= 0.6 is 0 Å². The van der Waals surface area contributed by atoms with Crippen molar-refractivity contribution in [1.29, 1.82) is 0 Å². The molecule has 0 aliphatic carbocycles. The van der Waals surface area contributed by atoms with Crippen molar-refractivity contribution < 1.29 is 48.5 Å². The zero-order chi connectivity index (χ0) is 38.0. The van der Waals surface area contributed by atoms with Crippen molar-refractivity contribution in [3.63, 3.8) is 0 Å². The zero-order valence-electron chi connectivity index (χ0n) is 31.9. The number of carboxylic acid groups (broad SMARTS) is 2. The van der Waals surface area contributed by atoms with Crippen LogP contribution in [0.15, 0.2) is 0 Å². The Kier molecular flexibility index (Phi) is 24.9. The highest BCUT2D eigenvalue weighted by molar-refractivity contribution is 5.87. The summed E-state index contributed by atoms with van der Waals surface area (Å²) in [4.78, 5) is 71.7. The third-order valence-corrected chi connectivity index (χ3v) is 7.92. The molecule has 2 amide bonds. The average Bonchev–Trinajstić information content (AvgIpc) is 2.98. The summed E-state index contributed by atoms with van der Waals surface area (Å²) in [6, 6.07) is -2.44. The van der Waals surface area contributed by atoms with Crippen LogP contribution in [-0.2, 0) is 38.2 Å². The molecule has 0 rings (SSSR count). The second-order valence-corrected chi connectivity index (χ2v) is 15.3. The quantitative estimate of drug-likeness (QED) is 0.0450. The fourth-order valence-corrected chi connectivity index (χ4v) is 5.38. The van der Waals surface area contributed by atoms with E-state index in [9.17, 15) is 33.9 Å². The second kappa shape index (κ2) is 26.6. The number of carbonyl (C=O) groups excluding carboxylic acids is 4. The highest BCUT2D eigenvalue weighted by atomic mass is 16.6. The molecule has 290 valence electrons. The van der Waals surface area contributed by atoms with Gasteiger partial charge in [-0.1, -0.05) is 89.9 Å². The molecule has 0 spiro atoms. The lowest BCUT2D eigenvalue weighted by molar-refractivity contribution is -0.159. The monoisotopic (exact) mass is 712 g/mol. The molecular weight excluding hydrogens is 644 g/mol. The van der Waals surface area contributed by atoms with Crippen molar-refractivity contribution in [2.75, 3.05) is 0 Å². The fourth-order valence-electron chi connectivity index (χ4n) is 5.38. The minimum absolute atomic E-state index is 0.0868. The van der Waals surface area contributed by atoms with Crippen molar-refractivity contribution >= 4 is 35.7 Å². The van der Waals surface area contributed by atoms with Gasteiger partial charge in [0.15, 0.2) is 0 Å². The lowest BCUT2D eigenvalue weighted by Gasteiger charge is -2.24. The Bertz CT molecular complexity index is 1020.